The lowest BCUT2D eigenvalue weighted by Gasteiger charge is -2.28. The molecule has 0 saturated heterocycles. The lowest BCUT2D eigenvalue weighted by atomic mass is 9.82. The molecule has 0 spiro atoms. The number of benzene rings is 2. The molecule has 0 bridgehead atoms. The fourth-order valence-corrected chi connectivity index (χ4v) is 3.34. The molecule has 0 aromatic heterocycles. The molecule has 3 rings (SSSR count). The van der Waals surface area contributed by atoms with Gasteiger partial charge in [0.2, 0.25) is 5.92 Å². The van der Waals surface area contributed by atoms with Gasteiger partial charge in [-0.1, -0.05) is 49.1 Å². The Morgan fingerprint density at radius 3 is 2.37 bits per heavy atom. The molecule has 27 heavy (non-hydrogen) atoms. The first-order valence-corrected chi connectivity index (χ1v) is 9.43. The highest BCUT2D eigenvalue weighted by atomic mass is 19.3. The topological polar surface area (TPSA) is 0 Å². The van der Waals surface area contributed by atoms with Gasteiger partial charge in [0.1, 0.15) is 5.82 Å². The zero-order chi connectivity index (χ0) is 19.3. The maximum absolute atomic E-state index is 14.2. The Morgan fingerprint density at radius 2 is 1.74 bits per heavy atom. The van der Waals surface area contributed by atoms with Crippen molar-refractivity contribution in [2.24, 2.45) is 0 Å². The Labute approximate surface area is 159 Å². The van der Waals surface area contributed by atoms with Crippen molar-refractivity contribution in [3.05, 3.63) is 76.6 Å². The average molecular weight is 368 g/mol. The highest BCUT2D eigenvalue weighted by Gasteiger charge is 2.35. The molecule has 1 fully saturated rings. The third kappa shape index (κ3) is 5.26. The van der Waals surface area contributed by atoms with Crippen LogP contribution in [0.15, 0.2) is 48.5 Å². The van der Waals surface area contributed by atoms with Crippen molar-refractivity contribution >= 4 is 6.08 Å². The van der Waals surface area contributed by atoms with Gasteiger partial charge in [-0.25, -0.2) is 13.2 Å². The summed E-state index contributed by atoms with van der Waals surface area (Å²) in [6.45, 7) is 2.03. The van der Waals surface area contributed by atoms with Crippen LogP contribution in [0.4, 0.5) is 13.2 Å². The molecular formula is C24H23F3. The Bertz CT molecular complexity index is 857. The van der Waals surface area contributed by atoms with Crippen molar-refractivity contribution in [3.63, 3.8) is 0 Å². The van der Waals surface area contributed by atoms with E-state index in [1.165, 1.54) is 6.07 Å². The van der Waals surface area contributed by atoms with Gasteiger partial charge >= 0.3 is 0 Å². The molecule has 1 saturated carbocycles. The van der Waals surface area contributed by atoms with Crippen LogP contribution in [0, 0.1) is 17.7 Å². The minimum atomic E-state index is -2.51. The minimum Gasteiger partial charge on any atom is -0.207 e. The molecule has 140 valence electrons. The van der Waals surface area contributed by atoms with Gasteiger partial charge in [0, 0.05) is 18.4 Å². The first-order chi connectivity index (χ1) is 13.0. The second-order valence-electron chi connectivity index (χ2n) is 7.05. The van der Waals surface area contributed by atoms with E-state index in [1.54, 1.807) is 6.07 Å². The Kier molecular flexibility index (Phi) is 6.06. The molecule has 0 nitrogen and oxygen atoms in total. The summed E-state index contributed by atoms with van der Waals surface area (Å²) in [6, 6.07) is 12.7. The quantitative estimate of drug-likeness (QED) is 0.515. The van der Waals surface area contributed by atoms with Crippen molar-refractivity contribution in [2.45, 2.75) is 50.9 Å². The predicted molar refractivity (Wildman–Crippen MR) is 104 cm³/mol. The number of alkyl halides is 2. The van der Waals surface area contributed by atoms with Crippen molar-refractivity contribution in [1.82, 2.24) is 0 Å². The highest BCUT2D eigenvalue weighted by molar-refractivity contribution is 5.53. The molecule has 0 N–H and O–H groups in total. The second kappa shape index (κ2) is 8.48. The summed E-state index contributed by atoms with van der Waals surface area (Å²) in [5, 5.41) is 0. The maximum Gasteiger partial charge on any atom is 0.248 e. The van der Waals surface area contributed by atoms with Crippen LogP contribution in [0.25, 0.3) is 6.08 Å². The molecule has 1 aliphatic rings. The second-order valence-corrected chi connectivity index (χ2v) is 7.05. The standard InChI is InChI=1S/C24H23F3/c1-2-3-4-19-8-12-22(23(25)17-19)11-7-18-5-9-20(10-6-18)21-13-15-24(26,27)16-14-21/h3-6,8-10,12,17,21H,2,13-16H2,1H3/b4-3+. The third-order valence-electron chi connectivity index (χ3n) is 4.98. The van der Waals surface area contributed by atoms with E-state index >= 15 is 0 Å². The van der Waals surface area contributed by atoms with Crippen molar-refractivity contribution in [1.29, 1.82) is 0 Å². The number of hydrogen-bond acceptors (Lipinski definition) is 0. The van der Waals surface area contributed by atoms with E-state index in [9.17, 15) is 13.2 Å². The van der Waals surface area contributed by atoms with Crippen LogP contribution in [0.3, 0.4) is 0 Å². The van der Waals surface area contributed by atoms with Gasteiger partial charge in [0.05, 0.1) is 5.56 Å². The van der Waals surface area contributed by atoms with Crippen LogP contribution in [0.5, 0.6) is 0 Å². The third-order valence-corrected chi connectivity index (χ3v) is 4.98. The smallest absolute Gasteiger partial charge is 0.207 e. The summed E-state index contributed by atoms with van der Waals surface area (Å²) >= 11 is 0. The molecule has 0 heterocycles. The average Bonchev–Trinajstić information content (AvgIpc) is 2.66. The normalized spacial score (nSPS) is 16.9. The summed E-state index contributed by atoms with van der Waals surface area (Å²) in [7, 11) is 0. The van der Waals surface area contributed by atoms with Crippen LogP contribution in [0.1, 0.15) is 67.2 Å². The Balaban J connectivity index is 1.68. The Hall–Kier alpha value is -2.47. The largest absolute Gasteiger partial charge is 0.248 e. The SMILES string of the molecule is CC/C=C/c1ccc(C#Cc2ccc(C3CCC(F)(F)CC3)cc2)c(F)c1. The molecule has 0 atom stereocenters. The van der Waals surface area contributed by atoms with Gasteiger partial charge in [-0.3, -0.25) is 0 Å². The molecular weight excluding hydrogens is 345 g/mol. The number of allylic oxidation sites excluding steroid dienone is 1. The number of hydrogen-bond donors (Lipinski definition) is 0. The highest BCUT2D eigenvalue weighted by Crippen LogP contribution is 2.40. The van der Waals surface area contributed by atoms with Gasteiger partial charge < -0.3 is 0 Å². The minimum absolute atomic E-state index is 0.0397. The summed E-state index contributed by atoms with van der Waals surface area (Å²) < 4.78 is 40.7. The van der Waals surface area contributed by atoms with Crippen LogP contribution in [-0.2, 0) is 0 Å². The van der Waals surface area contributed by atoms with Gasteiger partial charge in [-0.05, 0) is 60.6 Å². The summed E-state index contributed by atoms with van der Waals surface area (Å²) in [6.07, 6.45) is 5.73. The van der Waals surface area contributed by atoms with E-state index in [4.69, 9.17) is 0 Å². The molecule has 0 radical (unpaired) electrons. The fourth-order valence-electron chi connectivity index (χ4n) is 3.34. The van der Waals surface area contributed by atoms with Crippen LogP contribution >= 0.6 is 0 Å². The van der Waals surface area contributed by atoms with Crippen LogP contribution in [0.2, 0.25) is 0 Å². The molecule has 0 amide bonds. The summed E-state index contributed by atoms with van der Waals surface area (Å²) in [4.78, 5) is 0. The predicted octanol–water partition coefficient (Wildman–Crippen LogP) is 6.94. The lowest BCUT2D eigenvalue weighted by Crippen LogP contribution is -2.23. The summed E-state index contributed by atoms with van der Waals surface area (Å²) in [5.41, 5.74) is 3.05. The van der Waals surface area contributed by atoms with Gasteiger partial charge in [-0.15, -0.1) is 0 Å². The van der Waals surface area contributed by atoms with E-state index in [0.29, 0.717) is 18.4 Å². The van der Waals surface area contributed by atoms with Crippen LogP contribution in [-0.4, -0.2) is 5.92 Å². The monoisotopic (exact) mass is 368 g/mol. The van der Waals surface area contributed by atoms with Crippen molar-refractivity contribution in [2.75, 3.05) is 0 Å². The van der Waals surface area contributed by atoms with E-state index in [0.717, 1.165) is 23.1 Å². The van der Waals surface area contributed by atoms with Gasteiger partial charge in [-0.2, -0.15) is 0 Å². The first-order valence-electron chi connectivity index (χ1n) is 9.43. The van der Waals surface area contributed by atoms with E-state index in [2.05, 4.69) is 11.8 Å². The molecule has 2 aromatic rings. The number of halogens is 3. The van der Waals surface area contributed by atoms with Crippen molar-refractivity contribution in [3.8, 4) is 11.8 Å². The maximum atomic E-state index is 14.2. The van der Waals surface area contributed by atoms with Gasteiger partial charge in [0.25, 0.3) is 0 Å². The summed E-state index contributed by atoms with van der Waals surface area (Å²) in [5.74, 6) is 3.20. The first kappa shape index (κ1) is 19.3. The molecule has 3 heteroatoms. The molecule has 0 unspecified atom stereocenters. The molecule has 2 aromatic carbocycles. The Morgan fingerprint density at radius 1 is 1.04 bits per heavy atom. The number of rotatable bonds is 3. The zero-order valence-corrected chi connectivity index (χ0v) is 15.4. The lowest BCUT2D eigenvalue weighted by molar-refractivity contribution is -0.0382. The van der Waals surface area contributed by atoms with Gasteiger partial charge in [0.15, 0.2) is 0 Å². The van der Waals surface area contributed by atoms with E-state index in [1.807, 2.05) is 49.4 Å². The molecule has 0 aliphatic heterocycles. The van der Waals surface area contributed by atoms with Crippen LogP contribution < -0.4 is 0 Å². The zero-order valence-electron chi connectivity index (χ0n) is 15.4. The molecule has 1 aliphatic carbocycles. The van der Waals surface area contributed by atoms with Crippen molar-refractivity contribution < 1.29 is 13.2 Å². The van der Waals surface area contributed by atoms with E-state index < -0.39 is 5.92 Å². The van der Waals surface area contributed by atoms with E-state index in [-0.39, 0.29) is 24.6 Å². The fraction of sp³-hybridized carbons (Fsp3) is 0.333.